The minimum absolute atomic E-state index is 0.113. The number of carbonyl (C=O) groups is 2. The first-order chi connectivity index (χ1) is 14.0. The van der Waals surface area contributed by atoms with Crippen LogP contribution in [0.1, 0.15) is 44.9 Å². The van der Waals surface area contributed by atoms with Crippen molar-refractivity contribution in [3.63, 3.8) is 0 Å². The maximum Gasteiger partial charge on any atom is 0.319 e. The smallest absolute Gasteiger partial charge is 0.319 e. The third kappa shape index (κ3) is 6.44. The van der Waals surface area contributed by atoms with E-state index in [-0.39, 0.29) is 18.0 Å². The van der Waals surface area contributed by atoms with E-state index in [9.17, 15) is 9.59 Å². The quantitative estimate of drug-likeness (QED) is 0.652. The average molecular weight is 403 g/mol. The van der Waals surface area contributed by atoms with Crippen LogP contribution < -0.4 is 16.0 Å². The second-order valence-electron chi connectivity index (χ2n) is 8.33. The summed E-state index contributed by atoms with van der Waals surface area (Å²) < 4.78 is 5.39. The second kappa shape index (κ2) is 10.6. The van der Waals surface area contributed by atoms with Crippen LogP contribution in [0, 0.1) is 5.92 Å². The molecule has 3 amide bonds. The number of anilines is 2. The van der Waals surface area contributed by atoms with Crippen LogP contribution in [0.25, 0.3) is 0 Å². The summed E-state index contributed by atoms with van der Waals surface area (Å²) in [6.45, 7) is 1.28. The molecule has 29 heavy (non-hydrogen) atoms. The number of urea groups is 1. The molecule has 2 fully saturated rings. The fourth-order valence-electron chi connectivity index (χ4n) is 4.31. The van der Waals surface area contributed by atoms with Gasteiger partial charge in [-0.25, -0.2) is 4.79 Å². The summed E-state index contributed by atoms with van der Waals surface area (Å²) in [4.78, 5) is 26.6. The molecule has 3 N–H and O–H groups in total. The van der Waals surface area contributed by atoms with Crippen molar-refractivity contribution in [3.05, 3.63) is 24.3 Å². The number of nitrogens with zero attached hydrogens (tertiary/aromatic N) is 1. The molecular formula is C22H34N4O3. The van der Waals surface area contributed by atoms with Gasteiger partial charge in [-0.1, -0.05) is 19.3 Å². The normalized spacial score (nSPS) is 21.0. The molecule has 2 aliphatic rings. The van der Waals surface area contributed by atoms with Gasteiger partial charge in [0.15, 0.2) is 0 Å². The number of ether oxygens (including phenoxy) is 1. The zero-order valence-corrected chi connectivity index (χ0v) is 17.6. The first-order valence-corrected chi connectivity index (χ1v) is 10.8. The Morgan fingerprint density at radius 2 is 1.66 bits per heavy atom. The van der Waals surface area contributed by atoms with Crippen LogP contribution in [0.3, 0.4) is 0 Å². The first-order valence-electron chi connectivity index (χ1n) is 10.8. The van der Waals surface area contributed by atoms with Gasteiger partial charge in [0, 0.05) is 30.6 Å². The Labute approximate surface area is 173 Å². The van der Waals surface area contributed by atoms with Crippen molar-refractivity contribution in [1.29, 1.82) is 0 Å². The lowest BCUT2D eigenvalue weighted by Crippen LogP contribution is -2.46. The molecular weight excluding hydrogens is 368 g/mol. The Bertz CT molecular complexity index is 665. The largest absolute Gasteiger partial charge is 0.368 e. The van der Waals surface area contributed by atoms with Crippen LogP contribution >= 0.6 is 0 Å². The number of hydrogen-bond acceptors (Lipinski definition) is 4. The molecule has 0 bridgehead atoms. The first kappa shape index (κ1) is 21.6. The summed E-state index contributed by atoms with van der Waals surface area (Å²) in [5.41, 5.74) is 1.39. The van der Waals surface area contributed by atoms with Crippen LogP contribution in [0.15, 0.2) is 24.3 Å². The Balaban J connectivity index is 1.45. The molecule has 2 atom stereocenters. The van der Waals surface area contributed by atoms with Crippen LogP contribution in [0.4, 0.5) is 16.2 Å². The van der Waals surface area contributed by atoms with E-state index in [2.05, 4.69) is 34.9 Å². The fourth-order valence-corrected chi connectivity index (χ4v) is 4.31. The number of likely N-dealkylation sites (N-methyl/N-ethyl adjacent to an activating group) is 1. The number of nitrogens with one attached hydrogen (secondary N) is 3. The van der Waals surface area contributed by atoms with Crippen molar-refractivity contribution < 1.29 is 14.3 Å². The molecule has 1 aromatic carbocycles. The highest BCUT2D eigenvalue weighted by molar-refractivity contribution is 5.95. The number of carbonyl (C=O) groups excluding carboxylic acids is 2. The Kier molecular flexibility index (Phi) is 7.89. The second-order valence-corrected chi connectivity index (χ2v) is 8.33. The van der Waals surface area contributed by atoms with E-state index < -0.39 is 0 Å². The molecule has 2 unspecified atom stereocenters. The summed E-state index contributed by atoms with van der Waals surface area (Å²) >= 11 is 0. The lowest BCUT2D eigenvalue weighted by molar-refractivity contribution is -0.124. The number of benzene rings is 1. The highest BCUT2D eigenvalue weighted by Crippen LogP contribution is 2.28. The minimum atomic E-state index is -0.354. The monoisotopic (exact) mass is 402 g/mol. The SMILES string of the molecule is CN(C)C(CNC(=O)Nc1ccc(NC(=O)C2CCCO2)cc1)C1CCCCC1. The zero-order chi connectivity index (χ0) is 20.6. The number of rotatable bonds is 7. The lowest BCUT2D eigenvalue weighted by Gasteiger charge is -2.34. The summed E-state index contributed by atoms with van der Waals surface area (Å²) in [6, 6.07) is 7.30. The van der Waals surface area contributed by atoms with E-state index in [4.69, 9.17) is 4.74 Å². The predicted molar refractivity (Wildman–Crippen MR) is 115 cm³/mol. The van der Waals surface area contributed by atoms with Gasteiger partial charge in [-0.15, -0.1) is 0 Å². The van der Waals surface area contributed by atoms with Crippen LogP contribution in [0.2, 0.25) is 0 Å². The fraction of sp³-hybridized carbons (Fsp3) is 0.636. The van der Waals surface area contributed by atoms with Crippen LogP contribution in [-0.4, -0.2) is 56.2 Å². The van der Waals surface area contributed by atoms with E-state index in [0.717, 1.165) is 12.8 Å². The highest BCUT2D eigenvalue weighted by atomic mass is 16.5. The van der Waals surface area contributed by atoms with Crippen molar-refractivity contribution in [2.75, 3.05) is 37.9 Å². The molecule has 1 saturated heterocycles. The topological polar surface area (TPSA) is 82.7 Å². The maximum absolute atomic E-state index is 12.3. The van der Waals surface area contributed by atoms with Crippen LogP contribution in [0.5, 0.6) is 0 Å². The molecule has 160 valence electrons. The predicted octanol–water partition coefficient (Wildman–Crippen LogP) is 3.44. The van der Waals surface area contributed by atoms with Gasteiger partial charge >= 0.3 is 6.03 Å². The van der Waals surface area contributed by atoms with Crippen molar-refractivity contribution in [1.82, 2.24) is 10.2 Å². The number of hydrogen-bond donors (Lipinski definition) is 3. The van der Waals surface area contributed by atoms with E-state index in [1.807, 2.05) is 0 Å². The van der Waals surface area contributed by atoms with Crippen molar-refractivity contribution >= 4 is 23.3 Å². The van der Waals surface area contributed by atoms with Gasteiger partial charge in [0.25, 0.3) is 5.91 Å². The molecule has 7 nitrogen and oxygen atoms in total. The zero-order valence-electron chi connectivity index (χ0n) is 17.6. The number of amides is 3. The van der Waals surface area contributed by atoms with Gasteiger partial charge in [-0.3, -0.25) is 4.79 Å². The van der Waals surface area contributed by atoms with Crippen LogP contribution in [-0.2, 0) is 9.53 Å². The summed E-state index contributed by atoms with van der Waals surface area (Å²) in [7, 11) is 4.17. The van der Waals surface area contributed by atoms with Gasteiger partial charge in [0.05, 0.1) is 0 Å². The van der Waals surface area contributed by atoms with Crippen molar-refractivity contribution in [3.8, 4) is 0 Å². The van der Waals surface area contributed by atoms with E-state index >= 15 is 0 Å². The lowest BCUT2D eigenvalue weighted by atomic mass is 9.83. The van der Waals surface area contributed by atoms with Gasteiger partial charge < -0.3 is 25.6 Å². The standard InChI is InChI=1S/C22H34N4O3/c1-26(2)19(16-7-4-3-5-8-16)15-23-22(28)25-18-12-10-17(11-13-18)24-21(27)20-9-6-14-29-20/h10-13,16,19-20H,3-9,14-15H2,1-2H3,(H,24,27)(H2,23,25,28). The molecule has 1 aromatic rings. The van der Waals surface area contributed by atoms with E-state index in [1.165, 1.54) is 32.1 Å². The molecule has 1 heterocycles. The minimum Gasteiger partial charge on any atom is -0.368 e. The molecule has 3 rings (SSSR count). The van der Waals surface area contributed by atoms with Gasteiger partial charge in [-0.2, -0.15) is 0 Å². The molecule has 1 aliphatic heterocycles. The van der Waals surface area contributed by atoms with Crippen molar-refractivity contribution in [2.24, 2.45) is 5.92 Å². The molecule has 0 aromatic heterocycles. The third-order valence-electron chi connectivity index (χ3n) is 5.96. The van der Waals surface area contributed by atoms with E-state index in [1.54, 1.807) is 24.3 Å². The molecule has 7 heteroatoms. The van der Waals surface area contributed by atoms with Gasteiger partial charge in [0.2, 0.25) is 0 Å². The Morgan fingerprint density at radius 3 is 2.24 bits per heavy atom. The average Bonchev–Trinajstić information content (AvgIpc) is 3.25. The maximum atomic E-state index is 12.3. The molecule has 0 radical (unpaired) electrons. The van der Waals surface area contributed by atoms with E-state index in [0.29, 0.717) is 36.5 Å². The summed E-state index contributed by atoms with van der Waals surface area (Å²) in [5.74, 6) is 0.532. The molecule has 1 aliphatic carbocycles. The highest BCUT2D eigenvalue weighted by Gasteiger charge is 2.26. The Morgan fingerprint density at radius 1 is 1.00 bits per heavy atom. The molecule has 1 saturated carbocycles. The Hall–Kier alpha value is -2.12. The van der Waals surface area contributed by atoms with Crippen molar-refractivity contribution in [2.45, 2.75) is 57.1 Å². The molecule has 0 spiro atoms. The van der Waals surface area contributed by atoms with Gasteiger partial charge in [0.1, 0.15) is 6.10 Å². The summed E-state index contributed by atoms with van der Waals surface area (Å²) in [6.07, 6.45) is 7.72. The summed E-state index contributed by atoms with van der Waals surface area (Å²) in [5, 5.41) is 8.74. The third-order valence-corrected chi connectivity index (χ3v) is 5.96. The van der Waals surface area contributed by atoms with Gasteiger partial charge in [-0.05, 0) is 70.0 Å².